The zero-order valence-electron chi connectivity index (χ0n) is 12.7. The SMILES string of the molecule is CC1(C)Oc2ccc([N+](=O)[O-])cc2C(N2CCCC2)C1O.Cl. The Bertz CT molecular complexity index is 573. The molecule has 0 aliphatic carbocycles. The van der Waals surface area contributed by atoms with Crippen LogP contribution in [0.4, 0.5) is 5.69 Å². The standard InChI is InChI=1S/C15H20N2O4.ClH/c1-15(2)14(18)13(16-7-3-4-8-16)11-9-10(17(19)20)5-6-12(11)21-15;/h5-6,9,13-14,18H,3-4,7-8H2,1-2H3;1H. The second-order valence-electron chi connectivity index (χ2n) is 6.32. The van der Waals surface area contributed by atoms with Crippen molar-refractivity contribution in [1.29, 1.82) is 0 Å². The number of aliphatic hydroxyl groups is 1. The first-order chi connectivity index (χ1) is 9.90. The average molecular weight is 329 g/mol. The zero-order chi connectivity index (χ0) is 15.2. The van der Waals surface area contributed by atoms with Gasteiger partial charge in [-0.1, -0.05) is 0 Å². The van der Waals surface area contributed by atoms with Crippen LogP contribution in [0.5, 0.6) is 5.75 Å². The van der Waals surface area contributed by atoms with E-state index in [1.165, 1.54) is 12.1 Å². The summed E-state index contributed by atoms with van der Waals surface area (Å²) in [5.74, 6) is 0.632. The third kappa shape index (κ3) is 2.78. The van der Waals surface area contributed by atoms with Gasteiger partial charge < -0.3 is 9.84 Å². The number of hydrogen-bond acceptors (Lipinski definition) is 5. The van der Waals surface area contributed by atoms with Crippen molar-refractivity contribution in [2.75, 3.05) is 13.1 Å². The molecule has 0 radical (unpaired) electrons. The molecule has 0 amide bonds. The number of halogens is 1. The Morgan fingerprint density at radius 3 is 2.59 bits per heavy atom. The Morgan fingerprint density at radius 1 is 1.36 bits per heavy atom. The van der Waals surface area contributed by atoms with Crippen molar-refractivity contribution < 1.29 is 14.8 Å². The molecule has 0 saturated carbocycles. The summed E-state index contributed by atoms with van der Waals surface area (Å²) in [6, 6.07) is 4.39. The number of nitro benzene ring substituents is 1. The van der Waals surface area contributed by atoms with Crippen LogP contribution < -0.4 is 4.74 Å². The molecule has 122 valence electrons. The van der Waals surface area contributed by atoms with Crippen molar-refractivity contribution in [3.63, 3.8) is 0 Å². The molecule has 2 heterocycles. The minimum atomic E-state index is -0.717. The second kappa shape index (κ2) is 6.02. The van der Waals surface area contributed by atoms with Gasteiger partial charge in [0.1, 0.15) is 17.5 Å². The van der Waals surface area contributed by atoms with Gasteiger partial charge in [-0.3, -0.25) is 15.0 Å². The van der Waals surface area contributed by atoms with E-state index in [4.69, 9.17) is 4.74 Å². The first kappa shape index (κ1) is 17.0. The molecule has 0 aromatic heterocycles. The molecule has 6 nitrogen and oxygen atoms in total. The smallest absolute Gasteiger partial charge is 0.270 e. The summed E-state index contributed by atoms with van der Waals surface area (Å²) >= 11 is 0. The van der Waals surface area contributed by atoms with Gasteiger partial charge in [-0.2, -0.15) is 0 Å². The molecule has 2 atom stereocenters. The minimum Gasteiger partial charge on any atom is -0.485 e. The lowest BCUT2D eigenvalue weighted by atomic mass is 9.85. The number of nitro groups is 1. The average Bonchev–Trinajstić information content (AvgIpc) is 2.93. The Balaban J connectivity index is 0.00000176. The first-order valence-electron chi connectivity index (χ1n) is 7.29. The number of benzene rings is 1. The Kier molecular flexibility index (Phi) is 4.65. The number of rotatable bonds is 2. The van der Waals surface area contributed by atoms with E-state index < -0.39 is 16.6 Å². The number of likely N-dealkylation sites (tertiary alicyclic amines) is 1. The highest BCUT2D eigenvalue weighted by molar-refractivity contribution is 5.85. The lowest BCUT2D eigenvalue weighted by Gasteiger charge is -2.45. The van der Waals surface area contributed by atoms with E-state index in [0.717, 1.165) is 31.5 Å². The molecular formula is C15H21ClN2O4. The summed E-state index contributed by atoms with van der Waals surface area (Å²) in [4.78, 5) is 12.8. The van der Waals surface area contributed by atoms with Crippen LogP contribution in [0.25, 0.3) is 0 Å². The minimum absolute atomic E-state index is 0. The van der Waals surface area contributed by atoms with Crippen molar-refractivity contribution in [1.82, 2.24) is 4.90 Å². The molecule has 1 saturated heterocycles. The molecule has 7 heteroatoms. The maximum atomic E-state index is 11.0. The van der Waals surface area contributed by atoms with Gasteiger partial charge in [-0.25, -0.2) is 0 Å². The van der Waals surface area contributed by atoms with Crippen LogP contribution in [0.2, 0.25) is 0 Å². The fourth-order valence-corrected chi connectivity index (χ4v) is 3.28. The van der Waals surface area contributed by atoms with Gasteiger partial charge in [0, 0.05) is 17.7 Å². The van der Waals surface area contributed by atoms with Crippen LogP contribution in [-0.4, -0.2) is 39.7 Å². The van der Waals surface area contributed by atoms with E-state index in [1.54, 1.807) is 6.07 Å². The van der Waals surface area contributed by atoms with Crippen molar-refractivity contribution in [2.45, 2.75) is 44.4 Å². The number of fused-ring (bicyclic) bond motifs is 1. The van der Waals surface area contributed by atoms with E-state index >= 15 is 0 Å². The summed E-state index contributed by atoms with van der Waals surface area (Å²) in [7, 11) is 0. The normalized spacial score (nSPS) is 26.7. The quantitative estimate of drug-likeness (QED) is 0.667. The monoisotopic (exact) mass is 328 g/mol. The predicted molar refractivity (Wildman–Crippen MR) is 84.6 cm³/mol. The molecule has 0 spiro atoms. The number of nitrogens with zero attached hydrogens (tertiary/aromatic N) is 2. The molecule has 1 N–H and O–H groups in total. The van der Waals surface area contributed by atoms with E-state index in [1.807, 2.05) is 13.8 Å². The van der Waals surface area contributed by atoms with E-state index in [0.29, 0.717) is 5.75 Å². The van der Waals surface area contributed by atoms with Gasteiger partial charge in [0.05, 0.1) is 11.0 Å². The van der Waals surface area contributed by atoms with E-state index in [2.05, 4.69) is 4.90 Å². The summed E-state index contributed by atoms with van der Waals surface area (Å²) in [5, 5.41) is 21.7. The number of ether oxygens (including phenoxy) is 1. The van der Waals surface area contributed by atoms with Gasteiger partial charge in [-0.15, -0.1) is 12.4 Å². The van der Waals surface area contributed by atoms with Crippen molar-refractivity contribution in [3.8, 4) is 5.75 Å². The summed E-state index contributed by atoms with van der Waals surface area (Å²) in [6.45, 7) is 5.51. The molecule has 1 aromatic carbocycles. The molecular weight excluding hydrogens is 308 g/mol. The zero-order valence-corrected chi connectivity index (χ0v) is 13.5. The van der Waals surface area contributed by atoms with Crippen LogP contribution in [0, 0.1) is 10.1 Å². The molecule has 3 rings (SSSR count). The third-order valence-corrected chi connectivity index (χ3v) is 4.44. The Hall–Kier alpha value is -1.37. The third-order valence-electron chi connectivity index (χ3n) is 4.44. The molecule has 2 unspecified atom stereocenters. The second-order valence-corrected chi connectivity index (χ2v) is 6.32. The van der Waals surface area contributed by atoms with Gasteiger partial charge in [-0.05, 0) is 45.8 Å². The van der Waals surface area contributed by atoms with Crippen molar-refractivity contribution in [2.24, 2.45) is 0 Å². The Morgan fingerprint density at radius 2 is 2.00 bits per heavy atom. The molecule has 1 fully saturated rings. The van der Waals surface area contributed by atoms with Crippen LogP contribution in [0.3, 0.4) is 0 Å². The van der Waals surface area contributed by atoms with Crippen LogP contribution >= 0.6 is 12.4 Å². The van der Waals surface area contributed by atoms with Crippen LogP contribution in [0.1, 0.15) is 38.3 Å². The van der Waals surface area contributed by atoms with Gasteiger partial charge in [0.25, 0.3) is 5.69 Å². The lowest BCUT2D eigenvalue weighted by Crippen LogP contribution is -2.53. The maximum absolute atomic E-state index is 11.0. The van der Waals surface area contributed by atoms with Crippen molar-refractivity contribution in [3.05, 3.63) is 33.9 Å². The largest absolute Gasteiger partial charge is 0.485 e. The summed E-state index contributed by atoms with van der Waals surface area (Å²) < 4.78 is 5.86. The fraction of sp³-hybridized carbons (Fsp3) is 0.600. The lowest BCUT2D eigenvalue weighted by molar-refractivity contribution is -0.385. The van der Waals surface area contributed by atoms with Gasteiger partial charge in [0.2, 0.25) is 0 Å². The summed E-state index contributed by atoms with van der Waals surface area (Å²) in [6.07, 6.45) is 1.47. The highest BCUT2D eigenvalue weighted by Gasteiger charge is 2.46. The first-order valence-corrected chi connectivity index (χ1v) is 7.29. The highest BCUT2D eigenvalue weighted by atomic mass is 35.5. The Labute approximate surface area is 135 Å². The maximum Gasteiger partial charge on any atom is 0.270 e. The molecule has 0 bridgehead atoms. The number of aliphatic hydroxyl groups excluding tert-OH is 1. The van der Waals surface area contributed by atoms with Gasteiger partial charge >= 0.3 is 0 Å². The topological polar surface area (TPSA) is 75.8 Å². The number of hydrogen-bond donors (Lipinski definition) is 1. The summed E-state index contributed by atoms with van der Waals surface area (Å²) in [5.41, 5.74) is 0.0440. The van der Waals surface area contributed by atoms with E-state index in [9.17, 15) is 15.2 Å². The van der Waals surface area contributed by atoms with Crippen LogP contribution in [0.15, 0.2) is 18.2 Å². The molecule has 2 aliphatic heterocycles. The predicted octanol–water partition coefficient (Wildman–Crippen LogP) is 2.69. The van der Waals surface area contributed by atoms with Gasteiger partial charge in [0.15, 0.2) is 0 Å². The molecule has 1 aromatic rings. The number of non-ortho nitro benzene ring substituents is 1. The fourth-order valence-electron chi connectivity index (χ4n) is 3.28. The molecule has 22 heavy (non-hydrogen) atoms. The highest BCUT2D eigenvalue weighted by Crippen LogP contribution is 2.44. The molecule has 2 aliphatic rings. The van der Waals surface area contributed by atoms with E-state index in [-0.39, 0.29) is 24.1 Å². The van der Waals surface area contributed by atoms with Crippen LogP contribution in [-0.2, 0) is 0 Å². The van der Waals surface area contributed by atoms with Crippen molar-refractivity contribution >= 4 is 18.1 Å².